The smallest absolute Gasteiger partial charge is 0.262 e. The summed E-state index contributed by atoms with van der Waals surface area (Å²) in [5.74, 6) is 0.565. The number of hydrogen-bond donors (Lipinski definition) is 1. The molecule has 1 fully saturated rings. The van der Waals surface area contributed by atoms with Gasteiger partial charge in [-0.25, -0.2) is 0 Å². The first kappa shape index (κ1) is 18.3. The molecule has 5 nitrogen and oxygen atoms in total. The van der Waals surface area contributed by atoms with Gasteiger partial charge in [0, 0.05) is 26.2 Å². The maximum atomic E-state index is 12.3. The zero-order valence-corrected chi connectivity index (χ0v) is 15.6. The molecule has 1 N–H and O–H groups in total. The van der Waals surface area contributed by atoms with Gasteiger partial charge in [0.1, 0.15) is 5.75 Å². The lowest BCUT2D eigenvalue weighted by molar-refractivity contribution is -0.118. The second kappa shape index (κ2) is 8.72. The summed E-state index contributed by atoms with van der Waals surface area (Å²) >= 11 is 0. The van der Waals surface area contributed by atoms with Crippen molar-refractivity contribution in [2.45, 2.75) is 13.8 Å². The third kappa shape index (κ3) is 4.76. The van der Waals surface area contributed by atoms with Crippen molar-refractivity contribution in [3.63, 3.8) is 0 Å². The number of nitrogens with one attached hydrogen (secondary N) is 1. The van der Waals surface area contributed by atoms with Gasteiger partial charge in [0.05, 0.1) is 11.4 Å². The third-order valence-corrected chi connectivity index (χ3v) is 4.70. The SMILES string of the molecule is CCN1CCN(c2ccccc2NC(=O)COc2cccc(C)c2)CC1. The van der Waals surface area contributed by atoms with Crippen LogP contribution >= 0.6 is 0 Å². The Labute approximate surface area is 155 Å². The van der Waals surface area contributed by atoms with E-state index in [9.17, 15) is 4.79 Å². The van der Waals surface area contributed by atoms with Crippen molar-refractivity contribution in [3.8, 4) is 5.75 Å². The van der Waals surface area contributed by atoms with Gasteiger partial charge in [-0.2, -0.15) is 0 Å². The molecule has 2 aromatic carbocycles. The molecule has 26 heavy (non-hydrogen) atoms. The van der Waals surface area contributed by atoms with Crippen molar-refractivity contribution in [2.75, 3.05) is 49.5 Å². The van der Waals surface area contributed by atoms with E-state index in [1.54, 1.807) is 0 Å². The Balaban J connectivity index is 1.60. The van der Waals surface area contributed by atoms with Gasteiger partial charge >= 0.3 is 0 Å². The Kier molecular flexibility index (Phi) is 6.12. The van der Waals surface area contributed by atoms with E-state index in [1.807, 2.05) is 49.4 Å². The molecule has 1 saturated heterocycles. The molecule has 0 unspecified atom stereocenters. The van der Waals surface area contributed by atoms with E-state index < -0.39 is 0 Å². The maximum absolute atomic E-state index is 12.3. The molecule has 0 saturated carbocycles. The monoisotopic (exact) mass is 353 g/mol. The molecule has 138 valence electrons. The van der Waals surface area contributed by atoms with Crippen LogP contribution in [0.25, 0.3) is 0 Å². The van der Waals surface area contributed by atoms with Gasteiger partial charge in [-0.05, 0) is 43.3 Å². The molecule has 1 amide bonds. The highest BCUT2D eigenvalue weighted by atomic mass is 16.5. The van der Waals surface area contributed by atoms with Crippen molar-refractivity contribution in [1.82, 2.24) is 4.90 Å². The summed E-state index contributed by atoms with van der Waals surface area (Å²) in [5.41, 5.74) is 3.03. The normalized spacial score (nSPS) is 14.9. The lowest BCUT2D eigenvalue weighted by Gasteiger charge is -2.36. The third-order valence-electron chi connectivity index (χ3n) is 4.70. The maximum Gasteiger partial charge on any atom is 0.262 e. The van der Waals surface area contributed by atoms with Crippen LogP contribution in [0.4, 0.5) is 11.4 Å². The van der Waals surface area contributed by atoms with Crippen LogP contribution in [-0.4, -0.2) is 50.1 Å². The highest BCUT2D eigenvalue weighted by Crippen LogP contribution is 2.26. The fraction of sp³-hybridized carbons (Fsp3) is 0.381. The van der Waals surface area contributed by atoms with E-state index in [2.05, 4.69) is 28.1 Å². The topological polar surface area (TPSA) is 44.8 Å². The number of likely N-dealkylation sites (N-methyl/N-ethyl adjacent to an activating group) is 1. The zero-order valence-electron chi connectivity index (χ0n) is 15.6. The number of anilines is 2. The van der Waals surface area contributed by atoms with Crippen molar-refractivity contribution in [2.24, 2.45) is 0 Å². The first-order chi connectivity index (χ1) is 12.7. The Hall–Kier alpha value is -2.53. The first-order valence-electron chi connectivity index (χ1n) is 9.21. The number of amides is 1. The minimum Gasteiger partial charge on any atom is -0.484 e. The van der Waals surface area contributed by atoms with Crippen molar-refractivity contribution in [3.05, 3.63) is 54.1 Å². The molecule has 0 atom stereocenters. The van der Waals surface area contributed by atoms with E-state index in [0.717, 1.165) is 49.7 Å². The number of hydrogen-bond acceptors (Lipinski definition) is 4. The lowest BCUT2D eigenvalue weighted by Crippen LogP contribution is -2.46. The van der Waals surface area contributed by atoms with Crippen LogP contribution in [0, 0.1) is 6.92 Å². The van der Waals surface area contributed by atoms with Crippen molar-refractivity contribution in [1.29, 1.82) is 0 Å². The van der Waals surface area contributed by atoms with E-state index >= 15 is 0 Å². The highest BCUT2D eigenvalue weighted by Gasteiger charge is 2.18. The lowest BCUT2D eigenvalue weighted by atomic mass is 10.2. The predicted molar refractivity (Wildman–Crippen MR) is 106 cm³/mol. The van der Waals surface area contributed by atoms with Crippen LogP contribution in [-0.2, 0) is 4.79 Å². The summed E-state index contributed by atoms with van der Waals surface area (Å²) in [7, 11) is 0. The minimum atomic E-state index is -0.147. The molecule has 1 aliphatic rings. The number of para-hydroxylation sites is 2. The molecule has 5 heteroatoms. The summed E-state index contributed by atoms with van der Waals surface area (Å²) in [4.78, 5) is 17.1. The fourth-order valence-electron chi connectivity index (χ4n) is 3.20. The first-order valence-corrected chi connectivity index (χ1v) is 9.21. The van der Waals surface area contributed by atoms with Crippen LogP contribution in [0.1, 0.15) is 12.5 Å². The van der Waals surface area contributed by atoms with Gasteiger partial charge in [-0.3, -0.25) is 4.79 Å². The molecule has 0 aromatic heterocycles. The van der Waals surface area contributed by atoms with E-state index in [-0.39, 0.29) is 12.5 Å². The average molecular weight is 353 g/mol. The molecular weight excluding hydrogens is 326 g/mol. The van der Waals surface area contributed by atoms with E-state index in [4.69, 9.17) is 4.74 Å². The molecule has 1 aliphatic heterocycles. The highest BCUT2D eigenvalue weighted by molar-refractivity contribution is 5.95. The molecule has 0 bridgehead atoms. The molecule has 0 aliphatic carbocycles. The van der Waals surface area contributed by atoms with Gasteiger partial charge in [-0.15, -0.1) is 0 Å². The van der Waals surface area contributed by atoms with E-state index in [0.29, 0.717) is 5.75 Å². The van der Waals surface area contributed by atoms with Gasteiger partial charge < -0.3 is 19.9 Å². The molecule has 2 aromatic rings. The summed E-state index contributed by atoms with van der Waals surface area (Å²) in [6.07, 6.45) is 0. The zero-order chi connectivity index (χ0) is 18.4. The van der Waals surface area contributed by atoms with Gasteiger partial charge in [0.15, 0.2) is 6.61 Å². The fourth-order valence-corrected chi connectivity index (χ4v) is 3.20. The van der Waals surface area contributed by atoms with Crippen LogP contribution < -0.4 is 15.0 Å². The second-order valence-electron chi connectivity index (χ2n) is 6.59. The Morgan fingerprint density at radius 1 is 1.08 bits per heavy atom. The van der Waals surface area contributed by atoms with Crippen LogP contribution in [0.15, 0.2) is 48.5 Å². The Morgan fingerprint density at radius 3 is 2.58 bits per heavy atom. The summed E-state index contributed by atoms with van der Waals surface area (Å²) in [5, 5.41) is 3.00. The second-order valence-corrected chi connectivity index (χ2v) is 6.59. The minimum absolute atomic E-state index is 0.00139. The molecule has 3 rings (SSSR count). The Bertz CT molecular complexity index is 740. The number of ether oxygens (including phenoxy) is 1. The van der Waals surface area contributed by atoms with Crippen molar-refractivity contribution < 1.29 is 9.53 Å². The average Bonchev–Trinajstić information content (AvgIpc) is 2.67. The molecular formula is C21H27N3O2. The summed E-state index contributed by atoms with van der Waals surface area (Å²) < 4.78 is 5.60. The largest absolute Gasteiger partial charge is 0.484 e. The quantitative estimate of drug-likeness (QED) is 0.866. The van der Waals surface area contributed by atoms with Crippen LogP contribution in [0.5, 0.6) is 5.75 Å². The van der Waals surface area contributed by atoms with Gasteiger partial charge in [0.25, 0.3) is 5.91 Å². The van der Waals surface area contributed by atoms with Crippen molar-refractivity contribution >= 4 is 17.3 Å². The Morgan fingerprint density at radius 2 is 1.85 bits per heavy atom. The predicted octanol–water partition coefficient (Wildman–Crippen LogP) is 3.15. The van der Waals surface area contributed by atoms with E-state index in [1.165, 1.54) is 0 Å². The number of carbonyl (C=O) groups excluding carboxylic acids is 1. The van der Waals surface area contributed by atoms with Gasteiger partial charge in [-0.1, -0.05) is 31.2 Å². The standard InChI is InChI=1S/C21H27N3O2/c1-3-23-11-13-24(14-12-23)20-10-5-4-9-19(20)22-21(25)16-26-18-8-6-7-17(2)15-18/h4-10,15H,3,11-14,16H2,1-2H3,(H,22,25). The van der Waals surface area contributed by atoms with Crippen LogP contribution in [0.2, 0.25) is 0 Å². The number of nitrogens with zero attached hydrogens (tertiary/aromatic N) is 2. The summed E-state index contributed by atoms with van der Waals surface area (Å²) in [6.45, 7) is 9.33. The molecule has 0 spiro atoms. The summed E-state index contributed by atoms with van der Waals surface area (Å²) in [6, 6.07) is 15.7. The van der Waals surface area contributed by atoms with Crippen LogP contribution in [0.3, 0.4) is 0 Å². The molecule has 1 heterocycles. The number of carbonyl (C=O) groups is 1. The number of aryl methyl sites for hydroxylation is 1. The molecule has 0 radical (unpaired) electrons. The number of rotatable bonds is 6. The number of piperazine rings is 1. The number of benzene rings is 2. The van der Waals surface area contributed by atoms with Gasteiger partial charge in [0.2, 0.25) is 0 Å².